The summed E-state index contributed by atoms with van der Waals surface area (Å²) in [5.41, 5.74) is 4.93. The number of aryl methyl sites for hydroxylation is 1. The highest BCUT2D eigenvalue weighted by molar-refractivity contribution is 5.77. The molecule has 4 aromatic rings. The van der Waals surface area contributed by atoms with E-state index in [1.165, 1.54) is 4.98 Å². The standard InChI is InChI=1S/C20H14N4.C10H10F4N2O5/c1-2-14-10-16-5-6-18(23-16)12-20-8-7-19(24-20)11-17-4-3-15(22-17)9-13(1)21-14;1-4-2-16(7(19)15-6(4)18)10(14)9(12,13)8(11,20)5(3-17)21-10/h1-12,21-22H;2,5,17,20H,3H2,1H3,(H,15,18,19)/t;5-,8-,10+/m.1/s1. The zero-order valence-corrected chi connectivity index (χ0v) is 23.3. The molecule has 0 radical (unpaired) electrons. The molecule has 0 aliphatic carbocycles. The molecule has 0 amide bonds. The Hall–Kier alpha value is -5.12. The summed E-state index contributed by atoms with van der Waals surface area (Å²) in [6.45, 7) is -0.387. The third kappa shape index (κ3) is 5.30. The van der Waals surface area contributed by atoms with Crippen molar-refractivity contribution in [3.63, 3.8) is 0 Å². The molecule has 232 valence electrons. The molecule has 0 saturated carbocycles. The van der Waals surface area contributed by atoms with Gasteiger partial charge in [0.25, 0.3) is 5.56 Å². The first-order chi connectivity index (χ1) is 21.3. The third-order valence-electron chi connectivity index (χ3n) is 7.19. The monoisotopic (exact) mass is 624 g/mol. The molecular weight excluding hydrogens is 600 g/mol. The van der Waals surface area contributed by atoms with Gasteiger partial charge in [-0.05, 0) is 79.8 Å². The Morgan fingerprint density at radius 3 is 1.73 bits per heavy atom. The molecule has 7 heterocycles. The maximum Gasteiger partial charge on any atom is 0.385 e. The van der Waals surface area contributed by atoms with Gasteiger partial charge in [-0.3, -0.25) is 9.78 Å². The van der Waals surface area contributed by atoms with E-state index in [1.54, 1.807) is 0 Å². The summed E-state index contributed by atoms with van der Waals surface area (Å²) >= 11 is 0. The van der Waals surface area contributed by atoms with Crippen LogP contribution in [0.1, 0.15) is 28.3 Å². The van der Waals surface area contributed by atoms with Gasteiger partial charge in [-0.15, -0.1) is 0 Å². The predicted molar refractivity (Wildman–Crippen MR) is 157 cm³/mol. The van der Waals surface area contributed by atoms with Crippen LogP contribution in [0.5, 0.6) is 0 Å². The molecule has 45 heavy (non-hydrogen) atoms. The van der Waals surface area contributed by atoms with Crippen molar-refractivity contribution >= 4 is 46.4 Å². The third-order valence-corrected chi connectivity index (χ3v) is 7.19. The first kappa shape index (κ1) is 29.9. The number of rotatable bonds is 2. The number of aromatic nitrogens is 6. The second-order valence-corrected chi connectivity index (χ2v) is 10.4. The lowest BCUT2D eigenvalue weighted by molar-refractivity contribution is -0.322. The van der Waals surface area contributed by atoms with Crippen LogP contribution in [0.15, 0.2) is 64.3 Å². The van der Waals surface area contributed by atoms with E-state index in [4.69, 9.17) is 10.2 Å². The molecular formula is C30H24F4N6O5. The van der Waals surface area contributed by atoms with Crippen LogP contribution in [0.2, 0.25) is 0 Å². The molecule has 1 saturated heterocycles. The van der Waals surface area contributed by atoms with Gasteiger partial charge in [-0.25, -0.2) is 23.7 Å². The van der Waals surface area contributed by atoms with E-state index in [1.807, 2.05) is 42.5 Å². The number of aliphatic hydroxyl groups is 2. The lowest BCUT2D eigenvalue weighted by Crippen LogP contribution is -2.57. The zero-order valence-electron chi connectivity index (χ0n) is 23.3. The van der Waals surface area contributed by atoms with Gasteiger partial charge in [0.1, 0.15) is 0 Å². The molecule has 3 atom stereocenters. The Morgan fingerprint density at radius 2 is 1.27 bits per heavy atom. The second kappa shape index (κ2) is 10.8. The summed E-state index contributed by atoms with van der Waals surface area (Å²) in [6, 6.07) is 16.4. The van der Waals surface area contributed by atoms with Crippen LogP contribution in [0, 0.1) is 6.92 Å². The van der Waals surface area contributed by atoms with Crippen molar-refractivity contribution in [2.24, 2.45) is 0 Å². The highest BCUT2D eigenvalue weighted by atomic mass is 19.3. The molecule has 3 aliphatic rings. The minimum atomic E-state index is -5.22. The first-order valence-electron chi connectivity index (χ1n) is 13.4. The Bertz CT molecular complexity index is 2060. The maximum atomic E-state index is 14.5. The smallest absolute Gasteiger partial charge is 0.385 e. The summed E-state index contributed by atoms with van der Waals surface area (Å²) < 4.78 is 59.4. The maximum absolute atomic E-state index is 14.5. The van der Waals surface area contributed by atoms with Crippen LogP contribution in [0.3, 0.4) is 0 Å². The number of hydrogen-bond donors (Lipinski definition) is 5. The quantitative estimate of drug-likeness (QED) is 0.183. The number of nitrogens with zero attached hydrogens (tertiary/aromatic N) is 3. The van der Waals surface area contributed by atoms with Gasteiger partial charge in [-0.1, -0.05) is 0 Å². The normalized spacial score (nSPS) is 23.1. The molecule has 1 fully saturated rings. The Morgan fingerprint density at radius 1 is 0.800 bits per heavy atom. The average molecular weight is 625 g/mol. The van der Waals surface area contributed by atoms with Crippen molar-refractivity contribution in [3.8, 4) is 0 Å². The fraction of sp³-hybridized carbons (Fsp3) is 0.200. The summed E-state index contributed by atoms with van der Waals surface area (Å²) in [6.07, 6.45) is 5.81. The van der Waals surface area contributed by atoms with E-state index in [0.29, 0.717) is 6.20 Å². The van der Waals surface area contributed by atoms with E-state index in [2.05, 4.69) is 55.0 Å². The van der Waals surface area contributed by atoms with E-state index in [9.17, 15) is 27.2 Å². The first-order valence-corrected chi connectivity index (χ1v) is 13.4. The minimum Gasteiger partial charge on any atom is -0.393 e. The molecule has 0 unspecified atom stereocenters. The Labute approximate surface area is 249 Å². The number of halogens is 4. The minimum absolute atomic E-state index is 0.333. The van der Waals surface area contributed by atoms with Gasteiger partial charge < -0.3 is 24.9 Å². The van der Waals surface area contributed by atoms with Crippen LogP contribution >= 0.6 is 0 Å². The highest BCUT2D eigenvalue weighted by Gasteiger charge is 2.81. The predicted octanol–water partition coefficient (Wildman–Crippen LogP) is 3.76. The molecule has 8 bridgehead atoms. The van der Waals surface area contributed by atoms with Gasteiger partial charge in [0.2, 0.25) is 0 Å². The molecule has 3 aliphatic heterocycles. The zero-order chi connectivity index (χ0) is 32.1. The van der Waals surface area contributed by atoms with Gasteiger partial charge in [0.15, 0.2) is 6.10 Å². The number of H-pyrrole nitrogens is 3. The van der Waals surface area contributed by atoms with E-state index >= 15 is 0 Å². The number of aliphatic hydroxyl groups excluding tert-OH is 1. The second-order valence-electron chi connectivity index (χ2n) is 10.4. The number of nitrogens with one attached hydrogen (secondary N) is 3. The van der Waals surface area contributed by atoms with Crippen LogP contribution < -0.4 is 11.2 Å². The van der Waals surface area contributed by atoms with Gasteiger partial charge in [0, 0.05) is 33.8 Å². The largest absolute Gasteiger partial charge is 0.393 e. The van der Waals surface area contributed by atoms with Crippen molar-refractivity contribution in [3.05, 3.63) is 104 Å². The topological polar surface area (TPSA) is 162 Å². The van der Waals surface area contributed by atoms with Crippen molar-refractivity contribution in [2.75, 3.05) is 6.61 Å². The average Bonchev–Trinajstić information content (AvgIpc) is 3.81. The fourth-order valence-corrected chi connectivity index (χ4v) is 4.85. The Balaban J connectivity index is 0.000000161. The van der Waals surface area contributed by atoms with Gasteiger partial charge >= 0.3 is 23.4 Å². The summed E-state index contributed by atoms with van der Waals surface area (Å²) in [7, 11) is 0. The van der Waals surface area contributed by atoms with Crippen LogP contribution in [-0.2, 0) is 10.7 Å². The number of hydrogen-bond acceptors (Lipinski definition) is 7. The van der Waals surface area contributed by atoms with E-state index in [0.717, 1.165) is 51.8 Å². The van der Waals surface area contributed by atoms with Gasteiger partial charge in [0.05, 0.1) is 29.4 Å². The SMILES string of the molecule is C1=Cc2cc3ccc(cc4ccc(cc5nc(cc1n2)C=C5)[nH]4)[nH]3.Cc1cn([C@]2(F)O[C@H](CO)[C@](O)(F)C2(F)F)c(=O)[nH]c1=O. The number of ether oxygens (including phenoxy) is 1. The Kier molecular flexibility index (Phi) is 7.18. The lowest BCUT2D eigenvalue weighted by Gasteiger charge is -2.29. The van der Waals surface area contributed by atoms with Crippen LogP contribution in [-0.4, -0.2) is 64.2 Å². The fourth-order valence-electron chi connectivity index (χ4n) is 4.85. The summed E-state index contributed by atoms with van der Waals surface area (Å²) in [5, 5.41) is 17.8. The lowest BCUT2D eigenvalue weighted by atomic mass is 10.1. The number of alkyl halides is 4. The summed E-state index contributed by atoms with van der Waals surface area (Å²) in [5.74, 6) is -14.2. The highest BCUT2D eigenvalue weighted by Crippen LogP contribution is 2.54. The molecule has 0 spiro atoms. The molecule has 7 rings (SSSR count). The molecule has 11 nitrogen and oxygen atoms in total. The van der Waals surface area contributed by atoms with E-state index < -0.39 is 41.7 Å². The molecule has 15 heteroatoms. The molecule has 4 aromatic heterocycles. The number of aromatic amines is 3. The van der Waals surface area contributed by atoms with E-state index in [-0.39, 0.29) is 10.1 Å². The van der Waals surface area contributed by atoms with Crippen molar-refractivity contribution in [1.82, 2.24) is 29.5 Å². The molecule has 5 N–H and O–H groups in total. The summed E-state index contributed by atoms with van der Waals surface area (Å²) in [4.78, 5) is 40.2. The van der Waals surface area contributed by atoms with Crippen molar-refractivity contribution in [1.29, 1.82) is 0 Å². The van der Waals surface area contributed by atoms with Crippen LogP contribution in [0.4, 0.5) is 17.6 Å². The number of fused-ring (bicyclic) bond motifs is 8. The van der Waals surface area contributed by atoms with Crippen LogP contribution in [0.25, 0.3) is 46.4 Å². The van der Waals surface area contributed by atoms with Crippen molar-refractivity contribution in [2.45, 2.75) is 30.8 Å². The molecule has 0 aromatic carbocycles. The van der Waals surface area contributed by atoms with Crippen molar-refractivity contribution < 1.29 is 32.5 Å². The van der Waals surface area contributed by atoms with Gasteiger partial charge in [-0.2, -0.15) is 13.2 Å².